The van der Waals surface area contributed by atoms with Crippen molar-refractivity contribution in [2.45, 2.75) is 64.8 Å². The fourth-order valence-corrected chi connectivity index (χ4v) is 6.23. The van der Waals surface area contributed by atoms with E-state index >= 15 is 0 Å². The van der Waals surface area contributed by atoms with E-state index in [1.165, 1.54) is 25.7 Å². The molecule has 0 bridgehead atoms. The monoisotopic (exact) mass is 534 g/mol. The van der Waals surface area contributed by atoms with E-state index in [0.29, 0.717) is 17.2 Å². The second kappa shape index (κ2) is 12.5. The highest BCUT2D eigenvalue weighted by atomic mass is 16.5. The summed E-state index contributed by atoms with van der Waals surface area (Å²) in [5.74, 6) is 3.76. The lowest BCUT2D eigenvalue weighted by atomic mass is 9.71. The number of fused-ring (bicyclic) bond motifs is 1. The molecule has 212 valence electrons. The zero-order valence-corrected chi connectivity index (χ0v) is 25.0. The SMILES string of the molecule is COc1ccc(C(CCN(C)C2CCC(C(C)(C)C)CC2)c2nccc3cc(OC)c(OC)cc23)cc1OC. The number of hydrogen-bond acceptors (Lipinski definition) is 6. The van der Waals surface area contributed by atoms with Crippen LogP contribution in [0.1, 0.15) is 70.1 Å². The Bertz CT molecular complexity index is 1240. The minimum absolute atomic E-state index is 0.0694. The summed E-state index contributed by atoms with van der Waals surface area (Å²) in [5.41, 5.74) is 2.59. The van der Waals surface area contributed by atoms with Gasteiger partial charge in [-0.25, -0.2) is 0 Å². The first kappa shape index (κ1) is 29.0. The van der Waals surface area contributed by atoms with Crippen LogP contribution in [-0.2, 0) is 0 Å². The molecule has 0 aliphatic heterocycles. The Hall–Kier alpha value is -2.99. The zero-order valence-electron chi connectivity index (χ0n) is 25.0. The molecule has 3 aromatic rings. The summed E-state index contributed by atoms with van der Waals surface area (Å²) in [4.78, 5) is 7.52. The number of benzene rings is 2. The Morgan fingerprint density at radius 1 is 0.821 bits per heavy atom. The normalized spacial score (nSPS) is 18.7. The standard InChI is InChI=1S/C33H46N2O4/c1-33(2,3)24-10-12-25(13-11-24)35(4)18-16-26(22-9-14-28(36-5)29(19-22)37-6)32-27-21-31(39-8)30(38-7)20-23(27)15-17-34-32/h9,14-15,17,19-21,24-26H,10-13,16,18H2,1-8H3. The van der Waals surface area contributed by atoms with Crippen LogP contribution in [0.4, 0.5) is 0 Å². The van der Waals surface area contributed by atoms with Gasteiger partial charge in [0.1, 0.15) is 0 Å². The van der Waals surface area contributed by atoms with Crippen LogP contribution in [0.15, 0.2) is 42.6 Å². The molecular weight excluding hydrogens is 488 g/mol. The molecule has 0 spiro atoms. The summed E-state index contributed by atoms with van der Waals surface area (Å²) < 4.78 is 22.5. The fraction of sp³-hybridized carbons (Fsp3) is 0.545. The van der Waals surface area contributed by atoms with Gasteiger partial charge in [-0.2, -0.15) is 0 Å². The van der Waals surface area contributed by atoms with E-state index in [2.05, 4.69) is 50.9 Å². The predicted molar refractivity (Wildman–Crippen MR) is 159 cm³/mol. The molecule has 1 aliphatic rings. The number of pyridine rings is 1. The second-order valence-corrected chi connectivity index (χ2v) is 11.9. The van der Waals surface area contributed by atoms with Crippen LogP contribution in [0.3, 0.4) is 0 Å². The van der Waals surface area contributed by atoms with Crippen LogP contribution >= 0.6 is 0 Å². The molecule has 0 saturated heterocycles. The fourth-order valence-electron chi connectivity index (χ4n) is 6.23. The van der Waals surface area contributed by atoms with Gasteiger partial charge in [0.2, 0.25) is 0 Å². The second-order valence-electron chi connectivity index (χ2n) is 11.9. The van der Waals surface area contributed by atoms with Gasteiger partial charge < -0.3 is 23.8 Å². The highest BCUT2D eigenvalue weighted by molar-refractivity contribution is 5.88. The molecule has 0 N–H and O–H groups in total. The van der Waals surface area contributed by atoms with Crippen molar-refractivity contribution in [3.8, 4) is 23.0 Å². The molecule has 1 aromatic heterocycles. The molecule has 39 heavy (non-hydrogen) atoms. The van der Waals surface area contributed by atoms with Gasteiger partial charge in [0.05, 0.1) is 34.1 Å². The van der Waals surface area contributed by atoms with Gasteiger partial charge in [0, 0.05) is 23.5 Å². The van der Waals surface area contributed by atoms with Gasteiger partial charge in [-0.3, -0.25) is 4.98 Å². The zero-order chi connectivity index (χ0) is 28.2. The average molecular weight is 535 g/mol. The molecule has 1 atom stereocenters. The molecule has 4 rings (SSSR count). The summed E-state index contributed by atoms with van der Waals surface area (Å²) in [6.45, 7) is 8.14. The van der Waals surface area contributed by atoms with Crippen LogP contribution in [0.25, 0.3) is 10.8 Å². The maximum atomic E-state index is 5.68. The summed E-state index contributed by atoms with van der Waals surface area (Å²) in [6.07, 6.45) is 7.99. The molecule has 6 heteroatoms. The molecule has 1 aliphatic carbocycles. The third-order valence-electron chi connectivity index (χ3n) is 8.75. The summed E-state index contributed by atoms with van der Waals surface area (Å²) in [6, 6.07) is 13.0. The number of methoxy groups -OCH3 is 4. The van der Waals surface area contributed by atoms with E-state index in [4.69, 9.17) is 23.9 Å². The van der Waals surface area contributed by atoms with Crippen LogP contribution < -0.4 is 18.9 Å². The van der Waals surface area contributed by atoms with E-state index in [0.717, 1.165) is 58.2 Å². The summed E-state index contributed by atoms with van der Waals surface area (Å²) in [5, 5.41) is 2.15. The van der Waals surface area contributed by atoms with Crippen molar-refractivity contribution in [3.05, 3.63) is 53.9 Å². The maximum absolute atomic E-state index is 5.68. The van der Waals surface area contributed by atoms with E-state index in [-0.39, 0.29) is 5.92 Å². The Kier molecular flexibility index (Phi) is 9.27. The first-order chi connectivity index (χ1) is 18.7. The smallest absolute Gasteiger partial charge is 0.161 e. The lowest BCUT2D eigenvalue weighted by molar-refractivity contribution is 0.110. The van der Waals surface area contributed by atoms with Crippen LogP contribution in [0.2, 0.25) is 0 Å². The molecule has 2 aromatic carbocycles. The highest BCUT2D eigenvalue weighted by Crippen LogP contribution is 2.41. The molecular formula is C33H46N2O4. The van der Waals surface area contributed by atoms with Crippen molar-refractivity contribution in [1.82, 2.24) is 9.88 Å². The van der Waals surface area contributed by atoms with Gasteiger partial charge in [0.25, 0.3) is 0 Å². The van der Waals surface area contributed by atoms with Crippen molar-refractivity contribution in [3.63, 3.8) is 0 Å². The molecule has 6 nitrogen and oxygen atoms in total. The first-order valence-corrected chi connectivity index (χ1v) is 14.1. The molecule has 0 radical (unpaired) electrons. The number of hydrogen-bond donors (Lipinski definition) is 0. The molecule has 0 amide bonds. The van der Waals surface area contributed by atoms with E-state index in [1.807, 2.05) is 24.4 Å². The van der Waals surface area contributed by atoms with E-state index in [9.17, 15) is 0 Å². The maximum Gasteiger partial charge on any atom is 0.161 e. The predicted octanol–water partition coefficient (Wildman–Crippen LogP) is 7.33. The topological polar surface area (TPSA) is 53.1 Å². The summed E-state index contributed by atoms with van der Waals surface area (Å²) in [7, 11) is 8.99. The van der Waals surface area contributed by atoms with Crippen molar-refractivity contribution in [1.29, 1.82) is 0 Å². The van der Waals surface area contributed by atoms with Crippen molar-refractivity contribution < 1.29 is 18.9 Å². The van der Waals surface area contributed by atoms with Gasteiger partial charge in [-0.1, -0.05) is 26.8 Å². The van der Waals surface area contributed by atoms with Crippen molar-refractivity contribution >= 4 is 10.8 Å². The Morgan fingerprint density at radius 3 is 2.05 bits per heavy atom. The molecule has 1 fully saturated rings. The van der Waals surface area contributed by atoms with Crippen LogP contribution in [0.5, 0.6) is 23.0 Å². The minimum Gasteiger partial charge on any atom is -0.493 e. The Morgan fingerprint density at radius 2 is 1.44 bits per heavy atom. The van der Waals surface area contributed by atoms with E-state index < -0.39 is 0 Å². The van der Waals surface area contributed by atoms with Gasteiger partial charge in [-0.15, -0.1) is 0 Å². The number of aromatic nitrogens is 1. The number of nitrogens with zero attached hydrogens (tertiary/aromatic N) is 2. The van der Waals surface area contributed by atoms with Crippen LogP contribution in [0, 0.1) is 11.3 Å². The lowest BCUT2D eigenvalue weighted by Crippen LogP contribution is -2.38. The van der Waals surface area contributed by atoms with Crippen molar-refractivity contribution in [2.75, 3.05) is 42.0 Å². The quantitative estimate of drug-likeness (QED) is 0.271. The molecule has 1 unspecified atom stereocenters. The molecule has 1 heterocycles. The first-order valence-electron chi connectivity index (χ1n) is 14.1. The average Bonchev–Trinajstić information content (AvgIpc) is 2.95. The minimum atomic E-state index is 0.0694. The Balaban J connectivity index is 1.67. The van der Waals surface area contributed by atoms with E-state index in [1.54, 1.807) is 28.4 Å². The third kappa shape index (κ3) is 6.43. The largest absolute Gasteiger partial charge is 0.493 e. The summed E-state index contributed by atoms with van der Waals surface area (Å²) >= 11 is 0. The Labute approximate surface area is 234 Å². The molecule has 1 saturated carbocycles. The van der Waals surface area contributed by atoms with Gasteiger partial charge >= 0.3 is 0 Å². The van der Waals surface area contributed by atoms with Gasteiger partial charge in [-0.05, 0) is 98.3 Å². The highest BCUT2D eigenvalue weighted by Gasteiger charge is 2.31. The van der Waals surface area contributed by atoms with Crippen molar-refractivity contribution in [2.24, 2.45) is 11.3 Å². The van der Waals surface area contributed by atoms with Crippen LogP contribution in [-0.4, -0.2) is 58.0 Å². The number of ether oxygens (including phenoxy) is 4. The van der Waals surface area contributed by atoms with Gasteiger partial charge in [0.15, 0.2) is 23.0 Å². The third-order valence-corrected chi connectivity index (χ3v) is 8.75. The number of rotatable bonds is 10. The lowest BCUT2D eigenvalue weighted by Gasteiger charge is -2.40.